The Morgan fingerprint density at radius 3 is 2.45 bits per heavy atom. The van der Waals surface area contributed by atoms with Crippen LogP contribution in [0.1, 0.15) is 42.4 Å². The maximum Gasteiger partial charge on any atom is 0.123 e. The van der Waals surface area contributed by atoms with E-state index in [0.29, 0.717) is 0 Å². The van der Waals surface area contributed by atoms with Crippen molar-refractivity contribution in [3.63, 3.8) is 0 Å². The first-order valence-corrected chi connectivity index (χ1v) is 8.98. The highest BCUT2D eigenvalue weighted by Gasteiger charge is 2.32. The van der Waals surface area contributed by atoms with E-state index in [-0.39, 0.29) is 0 Å². The minimum absolute atomic E-state index is 0.806. The molecule has 3 nitrogen and oxygen atoms in total. The molecule has 0 saturated carbocycles. The molecular weight excluding hydrogens is 272 g/mol. The number of piperidine rings is 1. The molecule has 22 heavy (non-hydrogen) atoms. The number of hydrogen-bond acceptors (Lipinski definition) is 3. The first-order chi connectivity index (χ1) is 10.8. The highest BCUT2D eigenvalue weighted by molar-refractivity contribution is 5.44. The van der Waals surface area contributed by atoms with E-state index in [9.17, 15) is 0 Å². The Labute approximate surface area is 134 Å². The van der Waals surface area contributed by atoms with Crippen molar-refractivity contribution in [1.82, 2.24) is 9.80 Å². The standard InChI is InChI=1S/C19H28N2O/c1-22-19-11-16-7-5-6-15(16)10-17(19)12-20-13-18(14-20)21-8-3-2-4-9-21/h10-11,18H,2-9,12-14H2,1H3. The summed E-state index contributed by atoms with van der Waals surface area (Å²) in [6.07, 6.45) is 8.02. The quantitative estimate of drug-likeness (QED) is 0.850. The lowest BCUT2D eigenvalue weighted by Crippen LogP contribution is -2.59. The van der Waals surface area contributed by atoms with Crippen LogP contribution < -0.4 is 4.74 Å². The van der Waals surface area contributed by atoms with Gasteiger partial charge in [0.05, 0.1) is 7.11 Å². The fourth-order valence-electron chi connectivity index (χ4n) is 4.39. The van der Waals surface area contributed by atoms with Crippen LogP contribution in [0.3, 0.4) is 0 Å². The third-order valence-corrected chi connectivity index (χ3v) is 5.73. The molecule has 0 amide bonds. The van der Waals surface area contributed by atoms with Crippen molar-refractivity contribution < 1.29 is 4.74 Å². The second-order valence-electron chi connectivity index (χ2n) is 7.23. The molecule has 2 aliphatic heterocycles. The van der Waals surface area contributed by atoms with Crippen LogP contribution in [0.4, 0.5) is 0 Å². The third-order valence-electron chi connectivity index (χ3n) is 5.73. The number of aryl methyl sites for hydroxylation is 2. The van der Waals surface area contributed by atoms with Gasteiger partial charge >= 0.3 is 0 Å². The molecule has 1 aromatic carbocycles. The summed E-state index contributed by atoms with van der Waals surface area (Å²) in [6.45, 7) is 6.17. The van der Waals surface area contributed by atoms with Crippen LogP contribution in [0.25, 0.3) is 0 Å². The molecule has 120 valence electrons. The lowest BCUT2D eigenvalue weighted by Gasteiger charge is -2.47. The van der Waals surface area contributed by atoms with Gasteiger partial charge in [0.1, 0.15) is 5.75 Å². The van der Waals surface area contributed by atoms with Gasteiger partial charge in [-0.1, -0.05) is 12.5 Å². The number of benzene rings is 1. The summed E-state index contributed by atoms with van der Waals surface area (Å²) in [7, 11) is 1.81. The smallest absolute Gasteiger partial charge is 0.123 e. The molecule has 0 atom stereocenters. The normalized spacial score (nSPS) is 23.3. The van der Waals surface area contributed by atoms with Gasteiger partial charge in [-0.15, -0.1) is 0 Å². The first-order valence-electron chi connectivity index (χ1n) is 8.98. The topological polar surface area (TPSA) is 15.7 Å². The zero-order valence-electron chi connectivity index (χ0n) is 13.8. The molecule has 2 heterocycles. The van der Waals surface area contributed by atoms with Crippen LogP contribution in [-0.2, 0) is 19.4 Å². The van der Waals surface area contributed by atoms with E-state index in [0.717, 1.165) is 18.3 Å². The van der Waals surface area contributed by atoms with E-state index in [1.165, 1.54) is 75.8 Å². The molecule has 3 heteroatoms. The second kappa shape index (κ2) is 6.21. The minimum atomic E-state index is 0.806. The van der Waals surface area contributed by atoms with Crippen LogP contribution in [0.2, 0.25) is 0 Å². The van der Waals surface area contributed by atoms with Gasteiger partial charge in [-0.2, -0.15) is 0 Å². The SMILES string of the molecule is COc1cc2c(cc1CN1CC(N3CCCCC3)C1)CCC2. The molecule has 2 fully saturated rings. The number of likely N-dealkylation sites (tertiary alicyclic amines) is 2. The molecule has 0 bridgehead atoms. The average Bonchev–Trinajstić information content (AvgIpc) is 2.97. The zero-order valence-corrected chi connectivity index (χ0v) is 13.8. The highest BCUT2D eigenvalue weighted by atomic mass is 16.5. The number of fused-ring (bicyclic) bond motifs is 1. The summed E-state index contributed by atoms with van der Waals surface area (Å²) in [5.41, 5.74) is 4.46. The maximum absolute atomic E-state index is 5.65. The van der Waals surface area contributed by atoms with Gasteiger partial charge in [0.25, 0.3) is 0 Å². The molecule has 4 rings (SSSR count). The van der Waals surface area contributed by atoms with E-state index in [1.807, 2.05) is 7.11 Å². The van der Waals surface area contributed by atoms with Gasteiger partial charge in [-0.05, 0) is 62.4 Å². The number of nitrogens with zero attached hydrogens (tertiary/aromatic N) is 2. The van der Waals surface area contributed by atoms with Crippen molar-refractivity contribution in [3.05, 3.63) is 28.8 Å². The lowest BCUT2D eigenvalue weighted by molar-refractivity contribution is 0.0182. The predicted octanol–water partition coefficient (Wildman–Crippen LogP) is 2.85. The Morgan fingerprint density at radius 2 is 1.73 bits per heavy atom. The number of methoxy groups -OCH3 is 1. The summed E-state index contributed by atoms with van der Waals surface area (Å²) in [5.74, 6) is 1.10. The molecule has 0 spiro atoms. The van der Waals surface area contributed by atoms with E-state index >= 15 is 0 Å². The third kappa shape index (κ3) is 2.77. The minimum Gasteiger partial charge on any atom is -0.496 e. The summed E-state index contributed by atoms with van der Waals surface area (Å²) in [6, 6.07) is 5.51. The van der Waals surface area contributed by atoms with Gasteiger partial charge in [0.2, 0.25) is 0 Å². The fourth-order valence-corrected chi connectivity index (χ4v) is 4.39. The zero-order chi connectivity index (χ0) is 14.9. The molecule has 1 aliphatic carbocycles. The number of rotatable bonds is 4. The van der Waals surface area contributed by atoms with E-state index in [4.69, 9.17) is 4.74 Å². The van der Waals surface area contributed by atoms with E-state index in [2.05, 4.69) is 21.9 Å². The summed E-state index contributed by atoms with van der Waals surface area (Å²) < 4.78 is 5.65. The van der Waals surface area contributed by atoms with Crippen LogP contribution in [0, 0.1) is 0 Å². The van der Waals surface area contributed by atoms with Crippen molar-refractivity contribution in [1.29, 1.82) is 0 Å². The first kappa shape index (κ1) is 14.5. The maximum atomic E-state index is 5.65. The summed E-state index contributed by atoms with van der Waals surface area (Å²) in [4.78, 5) is 5.29. The number of hydrogen-bond donors (Lipinski definition) is 0. The largest absolute Gasteiger partial charge is 0.496 e. The van der Waals surface area contributed by atoms with Gasteiger partial charge in [0.15, 0.2) is 0 Å². The van der Waals surface area contributed by atoms with Crippen LogP contribution >= 0.6 is 0 Å². The lowest BCUT2D eigenvalue weighted by atomic mass is 10.00. The molecule has 1 aromatic rings. The Morgan fingerprint density at radius 1 is 1.00 bits per heavy atom. The second-order valence-corrected chi connectivity index (χ2v) is 7.23. The monoisotopic (exact) mass is 300 g/mol. The molecule has 2 saturated heterocycles. The summed E-state index contributed by atoms with van der Waals surface area (Å²) >= 11 is 0. The van der Waals surface area contributed by atoms with Gasteiger partial charge in [-0.3, -0.25) is 9.80 Å². The van der Waals surface area contributed by atoms with Crippen LogP contribution in [0.15, 0.2) is 12.1 Å². The highest BCUT2D eigenvalue weighted by Crippen LogP contribution is 2.32. The predicted molar refractivity (Wildman–Crippen MR) is 89.5 cm³/mol. The van der Waals surface area contributed by atoms with Crippen molar-refractivity contribution in [2.45, 2.75) is 51.1 Å². The van der Waals surface area contributed by atoms with Crippen molar-refractivity contribution >= 4 is 0 Å². The molecule has 0 radical (unpaired) electrons. The Bertz CT molecular complexity index is 530. The Balaban J connectivity index is 1.38. The summed E-state index contributed by atoms with van der Waals surface area (Å²) in [5, 5.41) is 0. The van der Waals surface area contributed by atoms with Gasteiger partial charge < -0.3 is 4.74 Å². The Hall–Kier alpha value is -1.06. The number of ether oxygens (including phenoxy) is 1. The van der Waals surface area contributed by atoms with Crippen molar-refractivity contribution in [2.24, 2.45) is 0 Å². The van der Waals surface area contributed by atoms with Crippen LogP contribution in [-0.4, -0.2) is 49.1 Å². The van der Waals surface area contributed by atoms with Gasteiger partial charge in [0, 0.05) is 31.2 Å². The molecule has 0 N–H and O–H groups in total. The molecule has 0 aromatic heterocycles. The Kier molecular flexibility index (Phi) is 4.10. The van der Waals surface area contributed by atoms with Gasteiger partial charge in [-0.25, -0.2) is 0 Å². The fraction of sp³-hybridized carbons (Fsp3) is 0.684. The van der Waals surface area contributed by atoms with Crippen molar-refractivity contribution in [3.8, 4) is 5.75 Å². The molecule has 0 unspecified atom stereocenters. The van der Waals surface area contributed by atoms with Crippen molar-refractivity contribution in [2.75, 3.05) is 33.3 Å². The molecular formula is C19H28N2O. The molecule has 3 aliphatic rings. The van der Waals surface area contributed by atoms with E-state index in [1.54, 1.807) is 5.56 Å². The average molecular weight is 300 g/mol. The van der Waals surface area contributed by atoms with Crippen LogP contribution in [0.5, 0.6) is 5.75 Å². The van der Waals surface area contributed by atoms with E-state index < -0.39 is 0 Å².